The van der Waals surface area contributed by atoms with Gasteiger partial charge >= 0.3 is 0 Å². The quantitative estimate of drug-likeness (QED) is 0.939. The van der Waals surface area contributed by atoms with E-state index in [4.69, 9.17) is 0 Å². The van der Waals surface area contributed by atoms with E-state index in [1.165, 1.54) is 57.2 Å². The van der Waals surface area contributed by atoms with Crippen molar-refractivity contribution in [1.29, 1.82) is 0 Å². The normalized spacial score (nSPS) is 16.8. The second-order valence-electron chi connectivity index (χ2n) is 5.57. The van der Waals surface area contributed by atoms with E-state index in [1.807, 2.05) is 0 Å². The van der Waals surface area contributed by atoms with Crippen molar-refractivity contribution in [2.75, 3.05) is 31.5 Å². The zero-order chi connectivity index (χ0) is 14.5. The molecular formula is C16H21FN4. The van der Waals surface area contributed by atoms with E-state index in [0.29, 0.717) is 5.82 Å². The third-order valence-corrected chi connectivity index (χ3v) is 4.02. The first-order valence-electron chi connectivity index (χ1n) is 7.69. The summed E-state index contributed by atoms with van der Waals surface area (Å²) < 4.78 is 13.4. The molecule has 1 aromatic heterocycles. The van der Waals surface area contributed by atoms with Crippen molar-refractivity contribution in [1.82, 2.24) is 14.9 Å². The molecule has 3 rings (SSSR count). The second-order valence-corrected chi connectivity index (χ2v) is 5.57. The van der Waals surface area contributed by atoms with Gasteiger partial charge in [0.2, 0.25) is 0 Å². The molecule has 0 amide bonds. The first-order valence-corrected chi connectivity index (χ1v) is 7.69. The van der Waals surface area contributed by atoms with Crippen molar-refractivity contribution in [3.8, 4) is 0 Å². The Morgan fingerprint density at radius 3 is 2.71 bits per heavy atom. The SMILES string of the molecule is Fc1ccc2ncnc(NCCN3CCCCCC3)c2c1. The molecule has 0 atom stereocenters. The summed E-state index contributed by atoms with van der Waals surface area (Å²) in [5, 5.41) is 4.07. The predicted octanol–water partition coefficient (Wildman–Crippen LogP) is 3.06. The van der Waals surface area contributed by atoms with Crippen LogP contribution in [0.15, 0.2) is 24.5 Å². The average molecular weight is 288 g/mol. The van der Waals surface area contributed by atoms with Gasteiger partial charge in [-0.25, -0.2) is 14.4 Å². The summed E-state index contributed by atoms with van der Waals surface area (Å²) in [6.07, 6.45) is 6.80. The maximum Gasteiger partial charge on any atom is 0.137 e. The smallest absolute Gasteiger partial charge is 0.137 e. The zero-order valence-corrected chi connectivity index (χ0v) is 12.2. The minimum absolute atomic E-state index is 0.257. The van der Waals surface area contributed by atoms with Crippen molar-refractivity contribution in [2.45, 2.75) is 25.7 Å². The fourth-order valence-electron chi connectivity index (χ4n) is 2.86. The van der Waals surface area contributed by atoms with Crippen LogP contribution in [0.3, 0.4) is 0 Å². The Morgan fingerprint density at radius 1 is 1.10 bits per heavy atom. The summed E-state index contributed by atoms with van der Waals surface area (Å²) in [5.41, 5.74) is 0.767. The van der Waals surface area contributed by atoms with Gasteiger partial charge in [-0.3, -0.25) is 0 Å². The molecule has 1 aromatic carbocycles. The molecule has 0 aliphatic carbocycles. The number of hydrogen-bond acceptors (Lipinski definition) is 4. The summed E-state index contributed by atoms with van der Waals surface area (Å²) in [6.45, 7) is 4.19. The van der Waals surface area contributed by atoms with Crippen LogP contribution in [0.25, 0.3) is 10.9 Å². The van der Waals surface area contributed by atoms with Gasteiger partial charge in [0.1, 0.15) is 18.0 Å². The Balaban J connectivity index is 1.63. The predicted molar refractivity (Wildman–Crippen MR) is 82.9 cm³/mol. The van der Waals surface area contributed by atoms with Crippen LogP contribution in [-0.4, -0.2) is 41.0 Å². The molecule has 1 saturated heterocycles. The first-order chi connectivity index (χ1) is 10.3. The number of fused-ring (bicyclic) bond motifs is 1. The number of rotatable bonds is 4. The maximum absolute atomic E-state index is 13.4. The van der Waals surface area contributed by atoms with Crippen LogP contribution in [0, 0.1) is 5.82 Å². The molecule has 5 heteroatoms. The van der Waals surface area contributed by atoms with E-state index in [9.17, 15) is 4.39 Å². The van der Waals surface area contributed by atoms with Crippen molar-refractivity contribution in [2.24, 2.45) is 0 Å². The minimum Gasteiger partial charge on any atom is -0.368 e. The lowest BCUT2D eigenvalue weighted by molar-refractivity contribution is 0.296. The molecule has 21 heavy (non-hydrogen) atoms. The van der Waals surface area contributed by atoms with Crippen molar-refractivity contribution in [3.05, 3.63) is 30.3 Å². The molecule has 1 fully saturated rings. The first kappa shape index (κ1) is 14.2. The van der Waals surface area contributed by atoms with Gasteiger partial charge in [0.25, 0.3) is 0 Å². The topological polar surface area (TPSA) is 41.1 Å². The molecule has 0 spiro atoms. The van der Waals surface area contributed by atoms with E-state index in [0.717, 1.165) is 24.0 Å². The molecule has 2 aromatic rings. The van der Waals surface area contributed by atoms with Crippen LogP contribution in [0.2, 0.25) is 0 Å². The Kier molecular flexibility index (Phi) is 4.60. The molecule has 0 unspecified atom stereocenters. The average Bonchev–Trinajstić information content (AvgIpc) is 2.76. The number of halogens is 1. The highest BCUT2D eigenvalue weighted by atomic mass is 19.1. The molecule has 0 radical (unpaired) electrons. The highest BCUT2D eigenvalue weighted by molar-refractivity contribution is 5.88. The highest BCUT2D eigenvalue weighted by Gasteiger charge is 2.09. The van der Waals surface area contributed by atoms with Gasteiger partial charge in [0.15, 0.2) is 0 Å². The Hall–Kier alpha value is -1.75. The fraction of sp³-hybridized carbons (Fsp3) is 0.500. The summed E-state index contributed by atoms with van der Waals surface area (Å²) in [4.78, 5) is 10.9. The molecule has 1 N–H and O–H groups in total. The molecule has 1 aliphatic heterocycles. The maximum atomic E-state index is 13.4. The summed E-state index contributed by atoms with van der Waals surface area (Å²) in [6, 6.07) is 4.60. The van der Waals surface area contributed by atoms with Gasteiger partial charge < -0.3 is 10.2 Å². The molecular weight excluding hydrogens is 267 g/mol. The number of nitrogens with zero attached hydrogens (tertiary/aromatic N) is 3. The molecule has 4 nitrogen and oxygen atoms in total. The summed E-state index contributed by atoms with van der Waals surface area (Å²) >= 11 is 0. The Labute approximate surface area is 124 Å². The van der Waals surface area contributed by atoms with Crippen LogP contribution < -0.4 is 5.32 Å². The number of benzene rings is 1. The number of likely N-dealkylation sites (tertiary alicyclic amines) is 1. The largest absolute Gasteiger partial charge is 0.368 e. The molecule has 0 saturated carbocycles. The lowest BCUT2D eigenvalue weighted by Gasteiger charge is -2.20. The van der Waals surface area contributed by atoms with Gasteiger partial charge in [-0.05, 0) is 44.1 Å². The lowest BCUT2D eigenvalue weighted by atomic mass is 10.2. The van der Waals surface area contributed by atoms with Crippen LogP contribution in [0.1, 0.15) is 25.7 Å². The van der Waals surface area contributed by atoms with Gasteiger partial charge in [-0.2, -0.15) is 0 Å². The number of nitrogens with one attached hydrogen (secondary N) is 1. The third kappa shape index (κ3) is 3.67. The number of hydrogen-bond donors (Lipinski definition) is 1. The lowest BCUT2D eigenvalue weighted by Crippen LogP contribution is -2.30. The highest BCUT2D eigenvalue weighted by Crippen LogP contribution is 2.19. The van der Waals surface area contributed by atoms with E-state index in [-0.39, 0.29) is 5.82 Å². The standard InChI is InChI=1S/C16H21FN4/c17-13-5-6-15-14(11-13)16(20-12-19-15)18-7-10-21-8-3-1-2-4-9-21/h5-6,11-12H,1-4,7-10H2,(H,18,19,20). The number of anilines is 1. The summed E-state index contributed by atoms with van der Waals surface area (Å²) in [5.74, 6) is 0.460. The molecule has 2 heterocycles. The summed E-state index contributed by atoms with van der Waals surface area (Å²) in [7, 11) is 0. The van der Waals surface area contributed by atoms with Crippen LogP contribution in [-0.2, 0) is 0 Å². The van der Waals surface area contributed by atoms with Gasteiger partial charge in [-0.1, -0.05) is 12.8 Å². The van der Waals surface area contributed by atoms with Crippen LogP contribution in [0.4, 0.5) is 10.2 Å². The second kappa shape index (κ2) is 6.80. The van der Waals surface area contributed by atoms with E-state index in [2.05, 4.69) is 20.2 Å². The fourth-order valence-corrected chi connectivity index (χ4v) is 2.86. The van der Waals surface area contributed by atoms with Crippen LogP contribution >= 0.6 is 0 Å². The Morgan fingerprint density at radius 2 is 1.90 bits per heavy atom. The van der Waals surface area contributed by atoms with Crippen molar-refractivity contribution < 1.29 is 4.39 Å². The van der Waals surface area contributed by atoms with Crippen LogP contribution in [0.5, 0.6) is 0 Å². The zero-order valence-electron chi connectivity index (χ0n) is 12.2. The van der Waals surface area contributed by atoms with E-state index >= 15 is 0 Å². The van der Waals surface area contributed by atoms with E-state index in [1.54, 1.807) is 6.07 Å². The molecule has 112 valence electrons. The molecule has 1 aliphatic rings. The minimum atomic E-state index is -0.257. The third-order valence-electron chi connectivity index (χ3n) is 4.02. The van der Waals surface area contributed by atoms with E-state index < -0.39 is 0 Å². The van der Waals surface area contributed by atoms with Gasteiger partial charge in [0.05, 0.1) is 5.52 Å². The van der Waals surface area contributed by atoms with Crippen molar-refractivity contribution >= 4 is 16.7 Å². The Bertz CT molecular complexity index is 594. The molecule has 0 bridgehead atoms. The van der Waals surface area contributed by atoms with Gasteiger partial charge in [0, 0.05) is 18.5 Å². The van der Waals surface area contributed by atoms with Gasteiger partial charge in [-0.15, -0.1) is 0 Å². The number of aromatic nitrogens is 2. The monoisotopic (exact) mass is 288 g/mol. The van der Waals surface area contributed by atoms with Crippen molar-refractivity contribution in [3.63, 3.8) is 0 Å².